The fourth-order valence-corrected chi connectivity index (χ4v) is 4.24. The molecule has 3 N–H and O–H groups in total. The Hall–Kier alpha value is -0.730. The Bertz CT molecular complexity index is 262. The van der Waals surface area contributed by atoms with Crippen LogP contribution in [0.3, 0.4) is 0 Å². The van der Waals surface area contributed by atoms with Gasteiger partial charge in [-0.25, -0.2) is 4.79 Å². The van der Waals surface area contributed by atoms with Gasteiger partial charge in [0.05, 0.1) is 0 Å². The van der Waals surface area contributed by atoms with Gasteiger partial charge >= 0.3 is 6.09 Å². The molecule has 124 valence electrons. The molecule has 0 radical (unpaired) electrons. The maximum Gasteiger partial charge on any atom is 0.402 e. The second-order valence-electron chi connectivity index (χ2n) is 7.01. The van der Waals surface area contributed by atoms with Crippen LogP contribution in [0.4, 0.5) is 4.79 Å². The number of hydrogen-bond donors (Lipinski definition) is 2. The molecule has 0 aromatic heterocycles. The highest BCUT2D eigenvalue weighted by Crippen LogP contribution is 2.40. The summed E-state index contributed by atoms with van der Waals surface area (Å²) in [4.78, 5) is 8.78. The van der Waals surface area contributed by atoms with Crippen LogP contribution in [0, 0.1) is 17.8 Å². The smallest absolute Gasteiger partial charge is 0.402 e. The average Bonchev–Trinajstić information content (AvgIpc) is 2.49. The average molecular weight is 297 g/mol. The van der Waals surface area contributed by atoms with Crippen molar-refractivity contribution in [2.45, 2.75) is 90.4 Å². The first-order chi connectivity index (χ1) is 10.1. The third kappa shape index (κ3) is 8.33. The monoisotopic (exact) mass is 297 g/mol. The molecule has 1 amide bonds. The van der Waals surface area contributed by atoms with Crippen molar-refractivity contribution in [2.24, 2.45) is 23.5 Å². The SMILES string of the molecule is CCCCC[C@H]1CC[C@H](C2CCCCC2)CC1.NC(=O)O. The van der Waals surface area contributed by atoms with Crippen molar-refractivity contribution in [2.75, 3.05) is 0 Å². The number of primary amides is 1. The van der Waals surface area contributed by atoms with E-state index in [9.17, 15) is 0 Å². The van der Waals surface area contributed by atoms with Gasteiger partial charge in [-0.15, -0.1) is 0 Å². The minimum absolute atomic E-state index is 1.10. The molecule has 2 fully saturated rings. The zero-order valence-corrected chi connectivity index (χ0v) is 13.9. The molecule has 21 heavy (non-hydrogen) atoms. The first-order valence-electron chi connectivity index (χ1n) is 9.11. The maximum absolute atomic E-state index is 8.78. The highest BCUT2D eigenvalue weighted by molar-refractivity contribution is 5.61. The number of carboxylic acid groups (broad SMARTS) is 1. The van der Waals surface area contributed by atoms with Gasteiger partial charge in [-0.3, -0.25) is 0 Å². The summed E-state index contributed by atoms with van der Waals surface area (Å²) in [6.07, 6.45) is 18.5. The van der Waals surface area contributed by atoms with Crippen molar-refractivity contribution < 1.29 is 9.90 Å². The molecule has 0 unspecified atom stereocenters. The molecule has 0 atom stereocenters. The van der Waals surface area contributed by atoms with Gasteiger partial charge in [0.15, 0.2) is 0 Å². The topological polar surface area (TPSA) is 63.3 Å². The van der Waals surface area contributed by atoms with E-state index < -0.39 is 6.09 Å². The Morgan fingerprint density at radius 3 is 2.00 bits per heavy atom. The van der Waals surface area contributed by atoms with Crippen LogP contribution in [0.2, 0.25) is 0 Å². The van der Waals surface area contributed by atoms with Crippen molar-refractivity contribution in [3.8, 4) is 0 Å². The summed E-state index contributed by atoms with van der Waals surface area (Å²) in [6, 6.07) is 0. The summed E-state index contributed by atoms with van der Waals surface area (Å²) < 4.78 is 0. The summed E-state index contributed by atoms with van der Waals surface area (Å²) in [7, 11) is 0. The number of nitrogens with two attached hydrogens (primary N) is 1. The van der Waals surface area contributed by atoms with Gasteiger partial charge < -0.3 is 10.8 Å². The summed E-state index contributed by atoms with van der Waals surface area (Å²) in [5, 5.41) is 7.19. The van der Waals surface area contributed by atoms with Gasteiger partial charge in [0.25, 0.3) is 0 Å². The van der Waals surface area contributed by atoms with Gasteiger partial charge in [0.2, 0.25) is 0 Å². The van der Waals surface area contributed by atoms with Gasteiger partial charge in [-0.05, 0) is 30.6 Å². The number of hydrogen-bond acceptors (Lipinski definition) is 1. The van der Waals surface area contributed by atoms with E-state index in [1.54, 1.807) is 38.5 Å². The molecule has 3 heteroatoms. The van der Waals surface area contributed by atoms with E-state index in [1.807, 2.05) is 0 Å². The molecule has 2 aliphatic carbocycles. The van der Waals surface area contributed by atoms with Crippen LogP contribution in [0.5, 0.6) is 0 Å². The third-order valence-corrected chi connectivity index (χ3v) is 5.42. The first-order valence-corrected chi connectivity index (χ1v) is 9.11. The zero-order chi connectivity index (χ0) is 15.5. The number of amides is 1. The van der Waals surface area contributed by atoms with Gasteiger partial charge in [-0.2, -0.15) is 0 Å². The van der Waals surface area contributed by atoms with Crippen molar-refractivity contribution in [3.63, 3.8) is 0 Å². The number of rotatable bonds is 5. The molecular formula is C18H35NO2. The Morgan fingerprint density at radius 2 is 1.48 bits per heavy atom. The van der Waals surface area contributed by atoms with Crippen molar-refractivity contribution in [1.29, 1.82) is 0 Å². The van der Waals surface area contributed by atoms with Crippen LogP contribution in [0.25, 0.3) is 0 Å². The second kappa shape index (κ2) is 10.9. The molecule has 0 aliphatic heterocycles. The van der Waals surface area contributed by atoms with Gasteiger partial charge in [0, 0.05) is 0 Å². The van der Waals surface area contributed by atoms with Crippen LogP contribution in [0.15, 0.2) is 0 Å². The lowest BCUT2D eigenvalue weighted by molar-refractivity contribution is 0.162. The lowest BCUT2D eigenvalue weighted by Crippen LogP contribution is -2.23. The Morgan fingerprint density at radius 1 is 0.952 bits per heavy atom. The van der Waals surface area contributed by atoms with E-state index in [1.165, 1.54) is 44.9 Å². The largest absolute Gasteiger partial charge is 0.465 e. The van der Waals surface area contributed by atoms with Crippen LogP contribution >= 0.6 is 0 Å². The molecule has 0 heterocycles. The molecule has 2 aliphatic rings. The fourth-order valence-electron chi connectivity index (χ4n) is 4.24. The van der Waals surface area contributed by atoms with E-state index in [0.29, 0.717) is 0 Å². The molecule has 2 saturated carbocycles. The molecule has 0 aromatic carbocycles. The van der Waals surface area contributed by atoms with Gasteiger partial charge in [0.1, 0.15) is 0 Å². The minimum Gasteiger partial charge on any atom is -0.465 e. The molecular weight excluding hydrogens is 262 g/mol. The van der Waals surface area contributed by atoms with Crippen LogP contribution < -0.4 is 5.73 Å². The summed E-state index contributed by atoms with van der Waals surface area (Å²) in [5.41, 5.74) is 4.03. The second-order valence-corrected chi connectivity index (χ2v) is 7.01. The maximum atomic E-state index is 8.78. The minimum atomic E-state index is -1.33. The standard InChI is InChI=1S/C17H32.CH3NO2/c1-2-3-5-8-15-11-13-17(14-12-15)16-9-6-4-7-10-16;2-1(3)4/h15-17H,2-14H2,1H3;2H2,(H,3,4)/t15-,17-;. The molecule has 0 saturated heterocycles. The Kier molecular flexibility index (Phi) is 9.53. The Balaban J connectivity index is 0.000000491. The van der Waals surface area contributed by atoms with Crippen LogP contribution in [-0.2, 0) is 0 Å². The summed E-state index contributed by atoms with van der Waals surface area (Å²) in [5.74, 6) is 3.35. The highest BCUT2D eigenvalue weighted by atomic mass is 16.4. The predicted octanol–water partition coefficient (Wildman–Crippen LogP) is 5.58. The molecule has 3 nitrogen and oxygen atoms in total. The normalized spacial score (nSPS) is 26.7. The quantitative estimate of drug-likeness (QED) is 0.651. The van der Waals surface area contributed by atoms with Gasteiger partial charge in [-0.1, -0.05) is 77.6 Å². The molecule has 2 rings (SSSR count). The lowest BCUT2D eigenvalue weighted by Gasteiger charge is -2.36. The highest BCUT2D eigenvalue weighted by Gasteiger charge is 2.28. The van der Waals surface area contributed by atoms with E-state index in [4.69, 9.17) is 9.90 Å². The number of carbonyl (C=O) groups is 1. The van der Waals surface area contributed by atoms with E-state index in [-0.39, 0.29) is 0 Å². The van der Waals surface area contributed by atoms with E-state index >= 15 is 0 Å². The zero-order valence-electron chi connectivity index (χ0n) is 13.9. The lowest BCUT2D eigenvalue weighted by atomic mass is 9.70. The molecule has 0 bridgehead atoms. The van der Waals surface area contributed by atoms with E-state index in [2.05, 4.69) is 12.7 Å². The molecule has 0 aromatic rings. The number of unbranched alkanes of at least 4 members (excludes halogenated alkanes) is 2. The summed E-state index contributed by atoms with van der Waals surface area (Å²) >= 11 is 0. The predicted molar refractivity (Wildman–Crippen MR) is 88.4 cm³/mol. The van der Waals surface area contributed by atoms with Crippen molar-refractivity contribution in [1.82, 2.24) is 0 Å². The van der Waals surface area contributed by atoms with Crippen molar-refractivity contribution in [3.05, 3.63) is 0 Å². The fraction of sp³-hybridized carbons (Fsp3) is 0.944. The van der Waals surface area contributed by atoms with E-state index in [0.717, 1.165) is 17.8 Å². The Labute approximate surface area is 130 Å². The van der Waals surface area contributed by atoms with Crippen LogP contribution in [0.1, 0.15) is 90.4 Å². The van der Waals surface area contributed by atoms with Crippen molar-refractivity contribution >= 4 is 6.09 Å². The third-order valence-electron chi connectivity index (χ3n) is 5.42. The van der Waals surface area contributed by atoms with Crippen LogP contribution in [-0.4, -0.2) is 11.2 Å². The molecule has 0 spiro atoms. The first kappa shape index (κ1) is 18.3. The summed E-state index contributed by atoms with van der Waals surface area (Å²) in [6.45, 7) is 2.32.